The van der Waals surface area contributed by atoms with Crippen molar-refractivity contribution in [1.82, 2.24) is 19.7 Å². The first-order chi connectivity index (χ1) is 15.2. The topological polar surface area (TPSA) is 105 Å². The van der Waals surface area contributed by atoms with Crippen LogP contribution in [0.25, 0.3) is 11.0 Å². The maximum atomic E-state index is 12.8. The molecule has 3 N–H and O–H groups in total. The van der Waals surface area contributed by atoms with Crippen LogP contribution in [-0.2, 0) is 17.5 Å². The Bertz CT molecular complexity index is 1310. The van der Waals surface area contributed by atoms with Crippen molar-refractivity contribution in [2.45, 2.75) is 19.6 Å². The molecule has 0 bridgehead atoms. The van der Waals surface area contributed by atoms with Crippen LogP contribution in [0.3, 0.4) is 0 Å². The predicted octanol–water partition coefficient (Wildman–Crippen LogP) is 3.98. The Morgan fingerprint density at radius 1 is 1.09 bits per heavy atom. The molecule has 0 aliphatic heterocycles. The summed E-state index contributed by atoms with van der Waals surface area (Å²) in [6.45, 7) is 1.57. The molecule has 4 aromatic rings. The molecule has 0 spiro atoms. The molecule has 0 unspecified atom stereocenters. The maximum Gasteiger partial charge on any atom is 0.416 e. The van der Waals surface area contributed by atoms with Gasteiger partial charge < -0.3 is 15.6 Å². The minimum absolute atomic E-state index is 0.0231. The van der Waals surface area contributed by atoms with Gasteiger partial charge >= 0.3 is 6.18 Å². The summed E-state index contributed by atoms with van der Waals surface area (Å²) in [5.41, 5.74) is 1.42. The number of alkyl halides is 3. The van der Waals surface area contributed by atoms with Crippen molar-refractivity contribution in [3.05, 3.63) is 71.8 Å². The largest absolute Gasteiger partial charge is 0.416 e. The number of halogens is 3. The van der Waals surface area contributed by atoms with Gasteiger partial charge in [0.2, 0.25) is 5.91 Å². The van der Waals surface area contributed by atoms with Crippen LogP contribution in [0, 0.1) is 6.92 Å². The van der Waals surface area contributed by atoms with E-state index in [0.29, 0.717) is 11.3 Å². The molecule has 0 atom stereocenters. The predicted molar refractivity (Wildman–Crippen MR) is 111 cm³/mol. The monoisotopic (exact) mass is 442 g/mol. The maximum absolute atomic E-state index is 12.8. The van der Waals surface area contributed by atoms with Crippen molar-refractivity contribution in [2.75, 3.05) is 10.6 Å². The number of carbonyl (C=O) groups is 2. The van der Waals surface area contributed by atoms with Crippen molar-refractivity contribution >= 4 is 34.2 Å². The van der Waals surface area contributed by atoms with Crippen LogP contribution >= 0.6 is 0 Å². The van der Waals surface area contributed by atoms with Crippen molar-refractivity contribution in [1.29, 1.82) is 0 Å². The zero-order chi connectivity index (χ0) is 22.9. The first-order valence-electron chi connectivity index (χ1n) is 9.45. The summed E-state index contributed by atoms with van der Waals surface area (Å²) in [7, 11) is 0. The van der Waals surface area contributed by atoms with Crippen molar-refractivity contribution in [2.24, 2.45) is 0 Å². The van der Waals surface area contributed by atoms with Gasteiger partial charge in [-0.3, -0.25) is 14.3 Å². The first kappa shape index (κ1) is 21.1. The highest BCUT2D eigenvalue weighted by molar-refractivity contribution is 6.05. The highest BCUT2D eigenvalue weighted by atomic mass is 19.4. The summed E-state index contributed by atoms with van der Waals surface area (Å²) < 4.78 is 39.6. The number of aryl methyl sites for hydroxylation is 1. The third-order valence-corrected chi connectivity index (χ3v) is 4.53. The molecule has 8 nitrogen and oxygen atoms in total. The number of aromatic nitrogens is 4. The zero-order valence-electron chi connectivity index (χ0n) is 16.7. The van der Waals surface area contributed by atoms with E-state index in [4.69, 9.17) is 0 Å². The second kappa shape index (κ2) is 8.17. The number of imidazole rings is 1. The lowest BCUT2D eigenvalue weighted by Crippen LogP contribution is -2.19. The molecule has 0 aliphatic rings. The number of aromatic amines is 1. The quantitative estimate of drug-likeness (QED) is 0.435. The van der Waals surface area contributed by atoms with Gasteiger partial charge in [0.05, 0.1) is 28.5 Å². The highest BCUT2D eigenvalue weighted by Gasteiger charge is 2.30. The Hall–Kier alpha value is -4.15. The van der Waals surface area contributed by atoms with Gasteiger partial charge in [0.15, 0.2) is 0 Å². The van der Waals surface area contributed by atoms with Crippen LogP contribution in [0.15, 0.2) is 54.9 Å². The van der Waals surface area contributed by atoms with Gasteiger partial charge in [0.1, 0.15) is 12.4 Å². The van der Waals surface area contributed by atoms with Crippen LogP contribution in [-0.4, -0.2) is 31.6 Å². The molecule has 0 aliphatic carbocycles. The van der Waals surface area contributed by atoms with Gasteiger partial charge in [0.25, 0.3) is 5.91 Å². The van der Waals surface area contributed by atoms with Crippen LogP contribution in [0.5, 0.6) is 0 Å². The minimum Gasteiger partial charge on any atom is -0.342 e. The molecule has 2 heterocycles. The second-order valence-corrected chi connectivity index (χ2v) is 7.06. The molecule has 2 amide bonds. The molecule has 32 heavy (non-hydrogen) atoms. The molecule has 11 heteroatoms. The summed E-state index contributed by atoms with van der Waals surface area (Å²) in [5.74, 6) is -0.195. The van der Waals surface area contributed by atoms with E-state index in [1.165, 1.54) is 29.2 Å². The van der Waals surface area contributed by atoms with Crippen LogP contribution < -0.4 is 10.6 Å². The van der Waals surface area contributed by atoms with E-state index < -0.39 is 17.6 Å². The number of anilines is 2. The number of carbonyl (C=O) groups excluding carboxylic acids is 2. The van der Waals surface area contributed by atoms with Gasteiger partial charge in [-0.2, -0.15) is 18.3 Å². The van der Waals surface area contributed by atoms with E-state index in [1.54, 1.807) is 18.2 Å². The summed E-state index contributed by atoms with van der Waals surface area (Å²) in [5, 5.41) is 9.08. The summed E-state index contributed by atoms with van der Waals surface area (Å²) >= 11 is 0. The minimum atomic E-state index is -4.50. The summed E-state index contributed by atoms with van der Waals surface area (Å²) in [6.07, 6.45) is -1.69. The Labute approximate surface area is 179 Å². The molecule has 2 aromatic carbocycles. The second-order valence-electron chi connectivity index (χ2n) is 7.06. The van der Waals surface area contributed by atoms with Gasteiger partial charge in [0, 0.05) is 17.4 Å². The van der Waals surface area contributed by atoms with E-state index in [0.717, 1.165) is 29.0 Å². The van der Waals surface area contributed by atoms with Gasteiger partial charge in [-0.25, -0.2) is 4.98 Å². The molecular weight excluding hydrogens is 425 g/mol. The fourth-order valence-corrected chi connectivity index (χ4v) is 3.12. The number of fused-ring (bicyclic) bond motifs is 1. The molecule has 0 radical (unpaired) electrons. The molecule has 0 saturated carbocycles. The number of hydrogen-bond acceptors (Lipinski definition) is 4. The standard InChI is InChI=1S/C21H17F3N6O2/c1-12-26-17-6-5-13(7-18(17)27-12)20(32)29-16-9-25-30(10-16)11-19(31)28-15-4-2-3-14(8-15)21(22,23)24/h2-10H,11H2,1H3,(H,26,27)(H,28,31)(H,29,32). The molecule has 164 valence electrons. The number of H-pyrrole nitrogens is 1. The molecule has 2 aromatic heterocycles. The van der Waals surface area contributed by atoms with Crippen molar-refractivity contribution in [3.63, 3.8) is 0 Å². The Morgan fingerprint density at radius 2 is 1.91 bits per heavy atom. The molecular formula is C21H17F3N6O2. The van der Waals surface area contributed by atoms with Gasteiger partial charge in [-0.15, -0.1) is 0 Å². The summed E-state index contributed by atoms with van der Waals surface area (Å²) in [6, 6.07) is 9.40. The number of benzene rings is 2. The lowest BCUT2D eigenvalue weighted by Gasteiger charge is -2.10. The molecule has 0 saturated heterocycles. The Kier molecular flexibility index (Phi) is 5.39. The lowest BCUT2D eigenvalue weighted by atomic mass is 10.2. The highest BCUT2D eigenvalue weighted by Crippen LogP contribution is 2.30. The SMILES string of the molecule is Cc1nc2ccc(C(=O)Nc3cnn(CC(=O)Nc4cccc(C(F)(F)F)c4)c3)cc2[nH]1. The number of hydrogen-bond donors (Lipinski definition) is 3. The van der Waals surface area contributed by atoms with E-state index in [1.807, 2.05) is 6.92 Å². The fourth-order valence-electron chi connectivity index (χ4n) is 3.12. The average Bonchev–Trinajstić information content (AvgIpc) is 3.31. The first-order valence-corrected chi connectivity index (χ1v) is 9.45. The van der Waals surface area contributed by atoms with Crippen molar-refractivity contribution < 1.29 is 22.8 Å². The fraction of sp³-hybridized carbons (Fsp3) is 0.143. The normalized spacial score (nSPS) is 11.5. The summed E-state index contributed by atoms with van der Waals surface area (Å²) in [4.78, 5) is 32.0. The average molecular weight is 442 g/mol. The van der Waals surface area contributed by atoms with E-state index in [9.17, 15) is 22.8 Å². The zero-order valence-corrected chi connectivity index (χ0v) is 16.7. The third kappa shape index (κ3) is 4.77. The lowest BCUT2D eigenvalue weighted by molar-refractivity contribution is -0.137. The molecule has 4 rings (SSSR count). The Morgan fingerprint density at radius 3 is 2.69 bits per heavy atom. The number of amides is 2. The van der Waals surface area contributed by atoms with E-state index in [2.05, 4.69) is 25.7 Å². The van der Waals surface area contributed by atoms with Crippen LogP contribution in [0.2, 0.25) is 0 Å². The van der Waals surface area contributed by atoms with Crippen LogP contribution in [0.1, 0.15) is 21.7 Å². The van der Waals surface area contributed by atoms with Gasteiger partial charge in [-0.05, 0) is 43.3 Å². The number of rotatable bonds is 5. The van der Waals surface area contributed by atoms with E-state index in [-0.39, 0.29) is 18.1 Å². The third-order valence-electron chi connectivity index (χ3n) is 4.53. The van der Waals surface area contributed by atoms with Gasteiger partial charge in [-0.1, -0.05) is 6.07 Å². The van der Waals surface area contributed by atoms with Crippen molar-refractivity contribution in [3.8, 4) is 0 Å². The number of nitrogens with zero attached hydrogens (tertiary/aromatic N) is 3. The smallest absolute Gasteiger partial charge is 0.342 e. The van der Waals surface area contributed by atoms with Crippen LogP contribution in [0.4, 0.5) is 24.5 Å². The number of nitrogens with one attached hydrogen (secondary N) is 3. The molecule has 0 fully saturated rings. The Balaban J connectivity index is 1.38. The van der Waals surface area contributed by atoms with E-state index >= 15 is 0 Å².